The van der Waals surface area contributed by atoms with Crippen molar-refractivity contribution in [3.63, 3.8) is 0 Å². The number of nitrogens with zero attached hydrogens (tertiary/aromatic N) is 1. The summed E-state index contributed by atoms with van der Waals surface area (Å²) in [6.45, 7) is 5.78. The van der Waals surface area contributed by atoms with E-state index in [1.807, 2.05) is 75.4 Å². The molecule has 36 heavy (non-hydrogen) atoms. The number of aromatic nitrogens is 1. The number of carbonyl (C=O) groups is 1. The fourth-order valence-corrected chi connectivity index (χ4v) is 5.09. The second kappa shape index (κ2) is 9.97. The number of anilines is 1. The Labute approximate surface area is 210 Å². The van der Waals surface area contributed by atoms with E-state index in [4.69, 9.17) is 4.42 Å². The second-order valence-electron chi connectivity index (χ2n) is 9.70. The summed E-state index contributed by atoms with van der Waals surface area (Å²) < 4.78 is 6.44. The van der Waals surface area contributed by atoms with Crippen LogP contribution in [0.2, 0.25) is 0 Å². The van der Waals surface area contributed by atoms with Crippen molar-refractivity contribution < 1.29 is 9.21 Å². The van der Waals surface area contributed by atoms with Crippen LogP contribution in [0, 0.1) is 13.8 Å². The summed E-state index contributed by atoms with van der Waals surface area (Å²) in [4.78, 5) is 30.8. The van der Waals surface area contributed by atoms with E-state index < -0.39 is 0 Å². The number of pyridine rings is 1. The van der Waals surface area contributed by atoms with E-state index in [0.717, 1.165) is 42.4 Å². The normalized spacial score (nSPS) is 14.6. The van der Waals surface area contributed by atoms with E-state index in [2.05, 4.69) is 15.6 Å². The Morgan fingerprint density at radius 2 is 1.81 bits per heavy atom. The zero-order valence-corrected chi connectivity index (χ0v) is 20.9. The Balaban J connectivity index is 1.54. The number of carbonyl (C=O) groups excluding carboxylic acids is 1. The Morgan fingerprint density at radius 1 is 1.06 bits per heavy atom. The van der Waals surface area contributed by atoms with Crippen LogP contribution in [0.5, 0.6) is 0 Å². The molecular formula is C30H31N3O3. The number of benzene rings is 2. The number of rotatable bonds is 6. The first-order valence-electron chi connectivity index (χ1n) is 12.6. The van der Waals surface area contributed by atoms with Gasteiger partial charge in [0.25, 0.3) is 5.91 Å². The standard InChI is InChI=1S/C30H31N3O3/c1-18-16-23(29-24(17-18)27(34)19(2)28(36-29)21-10-5-4-6-11-21)20(3)32-25-14-9-15-31-26(25)30(35)33-22-12-7-8-13-22/h4-6,9-11,14-17,20,22,32H,7-8,12-13H2,1-3H3,(H,33,35). The summed E-state index contributed by atoms with van der Waals surface area (Å²) in [5.41, 5.74) is 4.80. The lowest BCUT2D eigenvalue weighted by Gasteiger charge is -2.20. The Bertz CT molecular complexity index is 1470. The van der Waals surface area contributed by atoms with Crippen LogP contribution in [-0.2, 0) is 0 Å². The van der Waals surface area contributed by atoms with E-state index >= 15 is 0 Å². The fraction of sp³-hybridized carbons (Fsp3) is 0.300. The number of hydrogen-bond acceptors (Lipinski definition) is 5. The van der Waals surface area contributed by atoms with Crippen molar-refractivity contribution in [2.45, 2.75) is 58.5 Å². The summed E-state index contributed by atoms with van der Waals surface area (Å²) in [6.07, 6.45) is 5.94. The molecule has 4 aromatic rings. The molecule has 2 N–H and O–H groups in total. The van der Waals surface area contributed by atoms with Crippen LogP contribution >= 0.6 is 0 Å². The topological polar surface area (TPSA) is 84.2 Å². The average molecular weight is 482 g/mol. The fourth-order valence-electron chi connectivity index (χ4n) is 5.09. The van der Waals surface area contributed by atoms with E-state index in [-0.39, 0.29) is 23.4 Å². The maximum Gasteiger partial charge on any atom is 0.272 e. The monoisotopic (exact) mass is 481 g/mol. The Morgan fingerprint density at radius 3 is 2.56 bits per heavy atom. The molecule has 0 bridgehead atoms. The summed E-state index contributed by atoms with van der Waals surface area (Å²) in [7, 11) is 0. The molecule has 1 atom stereocenters. The van der Waals surface area contributed by atoms with Crippen molar-refractivity contribution >= 4 is 22.6 Å². The first-order valence-corrected chi connectivity index (χ1v) is 12.6. The third-order valence-electron chi connectivity index (χ3n) is 6.98. The van der Waals surface area contributed by atoms with Gasteiger partial charge in [-0.1, -0.05) is 49.2 Å². The van der Waals surface area contributed by atoms with Crippen LogP contribution < -0.4 is 16.1 Å². The molecule has 1 aliphatic carbocycles. The summed E-state index contributed by atoms with van der Waals surface area (Å²) in [6, 6.07) is 17.2. The highest BCUT2D eigenvalue weighted by molar-refractivity contribution is 5.98. The highest BCUT2D eigenvalue weighted by atomic mass is 16.3. The van der Waals surface area contributed by atoms with Crippen LogP contribution in [0.15, 0.2) is 70.0 Å². The maximum absolute atomic E-state index is 13.4. The third kappa shape index (κ3) is 4.63. The lowest BCUT2D eigenvalue weighted by molar-refractivity contribution is 0.0933. The summed E-state index contributed by atoms with van der Waals surface area (Å²) in [5.74, 6) is 0.406. The van der Waals surface area contributed by atoms with Gasteiger partial charge in [-0.05, 0) is 57.4 Å². The SMILES string of the molecule is Cc1cc(C(C)Nc2cccnc2C(=O)NC2CCCC2)c2oc(-c3ccccc3)c(C)c(=O)c2c1. The van der Waals surface area contributed by atoms with Gasteiger partial charge in [0.15, 0.2) is 11.1 Å². The molecule has 1 aliphatic rings. The lowest BCUT2D eigenvalue weighted by atomic mass is 9.98. The Hall–Kier alpha value is -3.93. The van der Waals surface area contributed by atoms with Crippen molar-refractivity contribution in [1.82, 2.24) is 10.3 Å². The summed E-state index contributed by atoms with van der Waals surface area (Å²) >= 11 is 0. The number of nitrogens with one attached hydrogen (secondary N) is 2. The maximum atomic E-state index is 13.4. The molecule has 6 heteroatoms. The molecule has 0 aliphatic heterocycles. The van der Waals surface area contributed by atoms with Gasteiger partial charge >= 0.3 is 0 Å². The molecule has 6 nitrogen and oxygen atoms in total. The van der Waals surface area contributed by atoms with Gasteiger partial charge in [-0.2, -0.15) is 0 Å². The van der Waals surface area contributed by atoms with Gasteiger partial charge in [-0.3, -0.25) is 9.59 Å². The predicted molar refractivity (Wildman–Crippen MR) is 143 cm³/mol. The van der Waals surface area contributed by atoms with Crippen LogP contribution in [0.4, 0.5) is 5.69 Å². The molecule has 5 rings (SSSR count). The highest BCUT2D eigenvalue weighted by Gasteiger charge is 2.23. The molecule has 1 amide bonds. The summed E-state index contributed by atoms with van der Waals surface area (Å²) in [5, 5.41) is 7.14. The van der Waals surface area contributed by atoms with Crippen molar-refractivity contribution in [2.75, 3.05) is 5.32 Å². The predicted octanol–water partition coefficient (Wildman–Crippen LogP) is 6.32. The molecular weight excluding hydrogens is 450 g/mol. The van der Waals surface area contributed by atoms with E-state index in [9.17, 15) is 9.59 Å². The number of amides is 1. The van der Waals surface area contributed by atoms with E-state index in [1.165, 1.54) is 0 Å². The second-order valence-corrected chi connectivity index (χ2v) is 9.70. The minimum absolute atomic E-state index is 0.0368. The number of fused-ring (bicyclic) bond motifs is 1. The largest absolute Gasteiger partial charge is 0.455 e. The quantitative estimate of drug-likeness (QED) is 0.337. The molecule has 0 spiro atoms. The van der Waals surface area contributed by atoms with Crippen molar-refractivity contribution in [2.24, 2.45) is 0 Å². The van der Waals surface area contributed by atoms with Gasteiger partial charge in [0.2, 0.25) is 0 Å². The van der Waals surface area contributed by atoms with Gasteiger partial charge in [0, 0.05) is 28.9 Å². The van der Waals surface area contributed by atoms with Crippen LogP contribution in [0.3, 0.4) is 0 Å². The van der Waals surface area contributed by atoms with Gasteiger partial charge in [0.05, 0.1) is 17.1 Å². The number of hydrogen-bond donors (Lipinski definition) is 2. The van der Waals surface area contributed by atoms with Crippen LogP contribution in [0.25, 0.3) is 22.3 Å². The zero-order valence-electron chi connectivity index (χ0n) is 20.9. The first kappa shape index (κ1) is 23.8. The zero-order chi connectivity index (χ0) is 25.2. The highest BCUT2D eigenvalue weighted by Crippen LogP contribution is 2.32. The van der Waals surface area contributed by atoms with Crippen molar-refractivity contribution in [3.05, 3.63) is 93.4 Å². The van der Waals surface area contributed by atoms with Gasteiger partial charge in [0.1, 0.15) is 11.3 Å². The molecule has 2 aromatic heterocycles. The van der Waals surface area contributed by atoms with E-state index in [0.29, 0.717) is 33.7 Å². The van der Waals surface area contributed by atoms with Crippen LogP contribution in [-0.4, -0.2) is 16.9 Å². The van der Waals surface area contributed by atoms with E-state index in [1.54, 1.807) is 6.20 Å². The third-order valence-corrected chi connectivity index (χ3v) is 6.98. The number of aryl methyl sites for hydroxylation is 1. The molecule has 184 valence electrons. The van der Waals surface area contributed by atoms with Crippen molar-refractivity contribution in [1.29, 1.82) is 0 Å². The molecule has 0 radical (unpaired) electrons. The molecule has 2 heterocycles. The minimum Gasteiger partial charge on any atom is -0.455 e. The van der Waals surface area contributed by atoms with Gasteiger partial charge < -0.3 is 15.1 Å². The van der Waals surface area contributed by atoms with Gasteiger partial charge in [-0.25, -0.2) is 4.98 Å². The molecule has 2 aromatic carbocycles. The molecule has 1 unspecified atom stereocenters. The van der Waals surface area contributed by atoms with Crippen LogP contribution in [0.1, 0.15) is 65.8 Å². The van der Waals surface area contributed by atoms with Crippen molar-refractivity contribution in [3.8, 4) is 11.3 Å². The average Bonchev–Trinajstić information content (AvgIpc) is 3.40. The van der Waals surface area contributed by atoms with Gasteiger partial charge in [-0.15, -0.1) is 0 Å². The molecule has 1 fully saturated rings. The molecule has 0 saturated heterocycles. The Kier molecular flexibility index (Phi) is 6.59. The lowest BCUT2D eigenvalue weighted by Crippen LogP contribution is -2.33. The molecule has 1 saturated carbocycles. The first-order chi connectivity index (χ1) is 17.4. The smallest absolute Gasteiger partial charge is 0.272 e. The minimum atomic E-state index is -0.246.